The average Bonchev–Trinajstić information content (AvgIpc) is 2.13. The minimum atomic E-state index is -5.07. The van der Waals surface area contributed by atoms with Crippen LogP contribution in [0, 0.1) is 0 Å². The van der Waals surface area contributed by atoms with E-state index >= 15 is 0 Å². The molecule has 102 valence electrons. The van der Waals surface area contributed by atoms with E-state index in [1.165, 1.54) is 0 Å². The molecule has 0 saturated carbocycles. The quantitative estimate of drug-likeness (QED) is 0.631. The summed E-state index contributed by atoms with van der Waals surface area (Å²) in [6.07, 6.45) is -7.44. The predicted octanol–water partition coefficient (Wildman–Crippen LogP) is 3.66. The number of hydrogen-bond acceptors (Lipinski definition) is 2. The molecule has 0 spiro atoms. The van der Waals surface area contributed by atoms with E-state index in [1.807, 2.05) is 0 Å². The maximum Gasteiger partial charge on any atom is 0.395 e. The molecular weight excluding hydrogens is 303 g/mol. The number of rotatable bonds is 3. The first-order chi connectivity index (χ1) is 7.92. The number of hydrogen-bond donors (Lipinski definition) is 0. The zero-order valence-electron chi connectivity index (χ0n) is 8.51. The van der Waals surface area contributed by atoms with Crippen molar-refractivity contribution < 1.29 is 30.4 Å². The van der Waals surface area contributed by atoms with Gasteiger partial charge in [0.15, 0.2) is 0 Å². The number of halogens is 6. The third kappa shape index (κ3) is 4.09. The maximum absolute atomic E-state index is 13.3. The molecule has 9 heteroatoms. The van der Waals surface area contributed by atoms with Gasteiger partial charge in [0.05, 0.1) is 4.90 Å². The molecule has 0 fully saturated rings. The Balaban J connectivity index is 3.18. The molecule has 1 aromatic rings. The van der Waals surface area contributed by atoms with Crippen LogP contribution in [0.2, 0.25) is 0 Å². The summed E-state index contributed by atoms with van der Waals surface area (Å²) in [5.74, 6) is -4.21. The summed E-state index contributed by atoms with van der Waals surface area (Å²) in [6.45, 7) is 0. The lowest BCUT2D eigenvalue weighted by Crippen LogP contribution is -2.23. The van der Waals surface area contributed by atoms with Crippen molar-refractivity contribution in [2.24, 2.45) is 0 Å². The summed E-state index contributed by atoms with van der Waals surface area (Å²) >= 11 is 0. The predicted molar refractivity (Wildman–Crippen MR) is 54.0 cm³/mol. The van der Waals surface area contributed by atoms with E-state index in [1.54, 1.807) is 0 Å². The van der Waals surface area contributed by atoms with Crippen LogP contribution in [0.15, 0.2) is 29.2 Å². The van der Waals surface area contributed by atoms with Gasteiger partial charge in [-0.05, 0) is 12.1 Å². The fourth-order valence-electron chi connectivity index (χ4n) is 1.23. The summed E-state index contributed by atoms with van der Waals surface area (Å²) in [4.78, 5) is -0.677. The van der Waals surface area contributed by atoms with E-state index in [-0.39, 0.29) is 0 Å². The topological polar surface area (TPSA) is 34.1 Å². The minimum absolute atomic E-state index is 0.425. The van der Waals surface area contributed by atoms with Crippen molar-refractivity contribution in [3.05, 3.63) is 29.8 Å². The Hall–Kier alpha value is -0.890. The van der Waals surface area contributed by atoms with Crippen molar-refractivity contribution in [2.75, 3.05) is 0 Å². The second-order valence-electron chi connectivity index (χ2n) is 3.46. The van der Waals surface area contributed by atoms with Gasteiger partial charge < -0.3 is 0 Å². The molecule has 0 aromatic heterocycles. The Bertz CT molecular complexity index is 538. The van der Waals surface area contributed by atoms with Crippen LogP contribution in [0.1, 0.15) is 12.0 Å². The first kappa shape index (κ1) is 15.2. The van der Waals surface area contributed by atoms with Crippen molar-refractivity contribution in [1.29, 1.82) is 0 Å². The van der Waals surface area contributed by atoms with Crippen LogP contribution in [-0.2, 0) is 15.0 Å². The first-order valence-electron chi connectivity index (χ1n) is 4.42. The molecule has 1 aromatic carbocycles. The van der Waals surface area contributed by atoms with Gasteiger partial charge in [0, 0.05) is 16.2 Å². The van der Waals surface area contributed by atoms with Crippen molar-refractivity contribution in [3.8, 4) is 0 Å². The molecular formula is C9H6ClF5O2S. The molecule has 0 radical (unpaired) electrons. The molecule has 1 rings (SSSR count). The van der Waals surface area contributed by atoms with Crippen molar-refractivity contribution >= 4 is 19.7 Å². The van der Waals surface area contributed by atoms with Crippen LogP contribution in [0.4, 0.5) is 22.0 Å². The van der Waals surface area contributed by atoms with Crippen molar-refractivity contribution in [3.63, 3.8) is 0 Å². The lowest BCUT2D eigenvalue weighted by molar-refractivity contribution is -0.191. The molecule has 0 N–H and O–H groups in total. The lowest BCUT2D eigenvalue weighted by Gasteiger charge is -2.18. The molecule has 0 aliphatic rings. The fourth-order valence-corrected chi connectivity index (χ4v) is 2.03. The van der Waals surface area contributed by atoms with Gasteiger partial charge in [0.25, 0.3) is 15.0 Å². The molecule has 2 nitrogen and oxygen atoms in total. The normalized spacial score (nSPS) is 13.7. The third-order valence-electron chi connectivity index (χ3n) is 1.96. The van der Waals surface area contributed by atoms with Crippen LogP contribution in [0.25, 0.3) is 0 Å². The third-order valence-corrected chi connectivity index (χ3v) is 3.31. The highest BCUT2D eigenvalue weighted by molar-refractivity contribution is 8.13. The summed E-state index contributed by atoms with van der Waals surface area (Å²) in [5.41, 5.74) is -1.05. The standard InChI is InChI=1S/C9H6ClF5O2S/c10-18(16,17)7-3-1-2-6(4-7)8(11,12)5-9(13,14)15/h1-4H,5H2. The van der Waals surface area contributed by atoms with Gasteiger partial charge in [-0.3, -0.25) is 0 Å². The molecule has 0 aliphatic carbocycles. The Morgan fingerprint density at radius 3 is 2.11 bits per heavy atom. The highest BCUT2D eigenvalue weighted by atomic mass is 35.7. The van der Waals surface area contributed by atoms with Gasteiger partial charge in [0.2, 0.25) is 0 Å². The lowest BCUT2D eigenvalue weighted by atomic mass is 10.1. The molecule has 18 heavy (non-hydrogen) atoms. The molecule has 0 aliphatic heterocycles. The molecule has 0 saturated heterocycles. The smallest absolute Gasteiger partial charge is 0.207 e. The molecule has 0 unspecified atom stereocenters. The van der Waals surface area contributed by atoms with E-state index in [0.29, 0.717) is 12.1 Å². The second kappa shape index (κ2) is 4.65. The van der Waals surface area contributed by atoms with E-state index in [2.05, 4.69) is 0 Å². The maximum atomic E-state index is 13.3. The van der Waals surface area contributed by atoms with E-state index in [4.69, 9.17) is 10.7 Å². The Morgan fingerprint density at radius 1 is 1.11 bits per heavy atom. The van der Waals surface area contributed by atoms with Crippen LogP contribution in [0.5, 0.6) is 0 Å². The Kier molecular flexibility index (Phi) is 3.92. The highest BCUT2D eigenvalue weighted by Gasteiger charge is 2.45. The average molecular weight is 309 g/mol. The van der Waals surface area contributed by atoms with Crippen LogP contribution < -0.4 is 0 Å². The molecule has 0 heterocycles. The van der Waals surface area contributed by atoms with Gasteiger partial charge in [-0.1, -0.05) is 12.1 Å². The van der Waals surface area contributed by atoms with Crippen LogP contribution in [0.3, 0.4) is 0 Å². The summed E-state index contributed by atoms with van der Waals surface area (Å²) in [7, 11) is 0.647. The van der Waals surface area contributed by atoms with Gasteiger partial charge in [0.1, 0.15) is 6.42 Å². The monoisotopic (exact) mass is 308 g/mol. The van der Waals surface area contributed by atoms with Gasteiger partial charge >= 0.3 is 6.18 Å². The second-order valence-corrected chi connectivity index (χ2v) is 6.03. The number of alkyl halides is 5. The molecule has 0 amide bonds. The van der Waals surface area contributed by atoms with E-state index in [0.717, 1.165) is 12.1 Å². The Labute approximate surface area is 104 Å². The van der Waals surface area contributed by atoms with E-state index < -0.39 is 38.0 Å². The first-order valence-corrected chi connectivity index (χ1v) is 6.72. The van der Waals surface area contributed by atoms with Crippen LogP contribution in [-0.4, -0.2) is 14.6 Å². The fraction of sp³-hybridized carbons (Fsp3) is 0.333. The van der Waals surface area contributed by atoms with Gasteiger partial charge in [-0.15, -0.1) is 0 Å². The zero-order valence-corrected chi connectivity index (χ0v) is 10.1. The molecule has 0 bridgehead atoms. The summed E-state index contributed by atoms with van der Waals surface area (Å²) in [5, 5.41) is 0. The van der Waals surface area contributed by atoms with E-state index in [9.17, 15) is 30.4 Å². The summed E-state index contributed by atoms with van der Waals surface area (Å²) < 4.78 is 84.2. The van der Waals surface area contributed by atoms with Crippen LogP contribution >= 0.6 is 10.7 Å². The minimum Gasteiger partial charge on any atom is -0.207 e. The van der Waals surface area contributed by atoms with Gasteiger partial charge in [-0.2, -0.15) is 13.2 Å². The largest absolute Gasteiger partial charge is 0.395 e. The highest BCUT2D eigenvalue weighted by Crippen LogP contribution is 2.39. The van der Waals surface area contributed by atoms with Gasteiger partial charge in [-0.25, -0.2) is 17.2 Å². The Morgan fingerprint density at radius 2 is 1.67 bits per heavy atom. The van der Waals surface area contributed by atoms with Crippen molar-refractivity contribution in [2.45, 2.75) is 23.4 Å². The SMILES string of the molecule is O=S(=O)(Cl)c1cccc(C(F)(F)CC(F)(F)F)c1. The number of benzene rings is 1. The molecule has 0 atom stereocenters. The van der Waals surface area contributed by atoms with Crippen molar-refractivity contribution in [1.82, 2.24) is 0 Å². The summed E-state index contributed by atoms with van der Waals surface area (Å²) in [6, 6.07) is 2.94. The zero-order chi connectivity index (χ0) is 14.2.